The molecule has 0 fully saturated rings. The fraction of sp³-hybridized carbons (Fsp3) is 0.611. The monoisotopic (exact) mass is 292 g/mol. The molecule has 1 aromatic rings. The molecular formula is C18H28O3. The van der Waals surface area contributed by atoms with Gasteiger partial charge in [0.15, 0.2) is 6.10 Å². The van der Waals surface area contributed by atoms with E-state index in [4.69, 9.17) is 4.74 Å². The lowest BCUT2D eigenvalue weighted by molar-refractivity contribution is -0.155. The van der Waals surface area contributed by atoms with Crippen LogP contribution in [0.4, 0.5) is 0 Å². The Hall–Kier alpha value is -1.35. The number of benzene rings is 1. The fourth-order valence-corrected chi connectivity index (χ4v) is 2.51. The average Bonchev–Trinajstić information content (AvgIpc) is 2.37. The second-order valence-electron chi connectivity index (χ2n) is 6.53. The Bertz CT molecular complexity index is 402. The van der Waals surface area contributed by atoms with Gasteiger partial charge in [-0.05, 0) is 30.2 Å². The molecule has 1 N–H and O–H groups in total. The van der Waals surface area contributed by atoms with Crippen LogP contribution in [0, 0.1) is 11.8 Å². The summed E-state index contributed by atoms with van der Waals surface area (Å²) >= 11 is 0. The van der Waals surface area contributed by atoms with E-state index in [0.29, 0.717) is 18.3 Å². The van der Waals surface area contributed by atoms with Crippen molar-refractivity contribution in [2.75, 3.05) is 0 Å². The Morgan fingerprint density at radius 3 is 2.00 bits per heavy atom. The minimum Gasteiger partial charge on any atom is -0.479 e. The second kappa shape index (κ2) is 8.83. The molecule has 0 saturated heterocycles. The molecule has 0 spiro atoms. The first-order valence-electron chi connectivity index (χ1n) is 7.80. The number of carboxylic acids is 1. The molecule has 21 heavy (non-hydrogen) atoms. The van der Waals surface area contributed by atoms with Gasteiger partial charge in [-0.25, -0.2) is 4.79 Å². The predicted molar refractivity (Wildman–Crippen MR) is 85.4 cm³/mol. The number of carboxylic acid groups (broad SMARTS) is 1. The summed E-state index contributed by atoms with van der Waals surface area (Å²) in [4.78, 5) is 11.5. The van der Waals surface area contributed by atoms with Gasteiger partial charge in [-0.15, -0.1) is 0 Å². The van der Waals surface area contributed by atoms with Gasteiger partial charge in [-0.1, -0.05) is 58.0 Å². The van der Waals surface area contributed by atoms with Gasteiger partial charge in [0.2, 0.25) is 0 Å². The Labute approximate surface area is 128 Å². The van der Waals surface area contributed by atoms with E-state index in [1.54, 1.807) is 0 Å². The number of hydrogen-bond acceptors (Lipinski definition) is 2. The van der Waals surface area contributed by atoms with Crippen LogP contribution >= 0.6 is 0 Å². The molecule has 118 valence electrons. The second-order valence-corrected chi connectivity index (χ2v) is 6.53. The molecular weight excluding hydrogens is 264 g/mol. The lowest BCUT2D eigenvalue weighted by Crippen LogP contribution is -2.32. The zero-order valence-electron chi connectivity index (χ0n) is 13.6. The first-order valence-corrected chi connectivity index (χ1v) is 7.80. The van der Waals surface area contributed by atoms with Crippen LogP contribution in [-0.4, -0.2) is 23.3 Å². The number of ether oxygens (including phenoxy) is 1. The minimum absolute atomic E-state index is 0.00909. The largest absolute Gasteiger partial charge is 0.479 e. The SMILES string of the molecule is CC(C)CC(CC(C)C)O[C@@H](Cc1ccccc1)C(=O)O. The molecule has 3 nitrogen and oxygen atoms in total. The fourth-order valence-electron chi connectivity index (χ4n) is 2.51. The van der Waals surface area contributed by atoms with E-state index in [9.17, 15) is 9.90 Å². The maximum Gasteiger partial charge on any atom is 0.333 e. The topological polar surface area (TPSA) is 46.5 Å². The summed E-state index contributed by atoms with van der Waals surface area (Å²) in [5.74, 6) is 0.121. The highest BCUT2D eigenvalue weighted by atomic mass is 16.5. The van der Waals surface area contributed by atoms with Crippen LogP contribution in [0.5, 0.6) is 0 Å². The Balaban J connectivity index is 2.71. The number of carbonyl (C=O) groups is 1. The van der Waals surface area contributed by atoms with Crippen LogP contribution < -0.4 is 0 Å². The van der Waals surface area contributed by atoms with Crippen molar-refractivity contribution in [2.45, 2.75) is 59.2 Å². The smallest absolute Gasteiger partial charge is 0.333 e. The van der Waals surface area contributed by atoms with E-state index < -0.39 is 12.1 Å². The molecule has 0 bridgehead atoms. The molecule has 0 saturated carbocycles. The van der Waals surface area contributed by atoms with Crippen molar-refractivity contribution in [2.24, 2.45) is 11.8 Å². The molecule has 0 aliphatic heterocycles. The first-order chi connectivity index (χ1) is 9.88. The van der Waals surface area contributed by atoms with Crippen LogP contribution in [0.1, 0.15) is 46.1 Å². The maximum absolute atomic E-state index is 11.5. The summed E-state index contributed by atoms with van der Waals surface area (Å²) in [7, 11) is 0. The van der Waals surface area contributed by atoms with Crippen molar-refractivity contribution in [3.05, 3.63) is 35.9 Å². The average molecular weight is 292 g/mol. The third-order valence-corrected chi connectivity index (χ3v) is 3.36. The molecule has 1 atom stereocenters. The summed E-state index contributed by atoms with van der Waals surface area (Å²) in [6.45, 7) is 8.57. The van der Waals surface area contributed by atoms with E-state index in [2.05, 4.69) is 27.7 Å². The molecule has 0 unspecified atom stereocenters. The van der Waals surface area contributed by atoms with Gasteiger partial charge >= 0.3 is 5.97 Å². The van der Waals surface area contributed by atoms with Crippen LogP contribution in [0.15, 0.2) is 30.3 Å². The first kappa shape index (κ1) is 17.7. The highest BCUT2D eigenvalue weighted by Gasteiger charge is 2.24. The Morgan fingerprint density at radius 2 is 1.57 bits per heavy atom. The normalized spacial score (nSPS) is 13.1. The molecule has 0 aliphatic carbocycles. The molecule has 1 rings (SSSR count). The third kappa shape index (κ3) is 7.28. The summed E-state index contributed by atoms with van der Waals surface area (Å²) < 4.78 is 5.94. The van der Waals surface area contributed by atoms with Crippen molar-refractivity contribution in [3.63, 3.8) is 0 Å². The minimum atomic E-state index is -0.878. The summed E-state index contributed by atoms with van der Waals surface area (Å²) in [6.07, 6.45) is 1.46. The highest BCUT2D eigenvalue weighted by Crippen LogP contribution is 2.20. The van der Waals surface area contributed by atoms with Crippen molar-refractivity contribution in [3.8, 4) is 0 Å². The molecule has 0 aromatic heterocycles. The molecule has 0 radical (unpaired) electrons. The Morgan fingerprint density at radius 1 is 1.05 bits per heavy atom. The highest BCUT2D eigenvalue weighted by molar-refractivity contribution is 5.72. The standard InChI is InChI=1S/C18H28O3/c1-13(2)10-16(11-14(3)4)21-17(18(19)20)12-15-8-6-5-7-9-15/h5-9,13-14,16-17H,10-12H2,1-4H3,(H,19,20)/t17-/m0/s1. The van der Waals surface area contributed by atoms with Gasteiger partial charge in [-0.2, -0.15) is 0 Å². The molecule has 0 heterocycles. The van der Waals surface area contributed by atoms with Gasteiger partial charge in [0.1, 0.15) is 0 Å². The van der Waals surface area contributed by atoms with Crippen LogP contribution in [0.3, 0.4) is 0 Å². The molecule has 3 heteroatoms. The van der Waals surface area contributed by atoms with E-state index >= 15 is 0 Å². The Kier molecular flexibility index (Phi) is 7.44. The lowest BCUT2D eigenvalue weighted by atomic mass is 9.97. The van der Waals surface area contributed by atoms with E-state index in [1.807, 2.05) is 30.3 Å². The van der Waals surface area contributed by atoms with Crippen LogP contribution in [-0.2, 0) is 16.0 Å². The van der Waals surface area contributed by atoms with Gasteiger partial charge in [0, 0.05) is 6.42 Å². The van der Waals surface area contributed by atoms with E-state index in [-0.39, 0.29) is 6.10 Å². The summed E-state index contributed by atoms with van der Waals surface area (Å²) in [6, 6.07) is 9.67. The summed E-state index contributed by atoms with van der Waals surface area (Å²) in [5.41, 5.74) is 0.998. The van der Waals surface area contributed by atoms with Gasteiger partial charge < -0.3 is 9.84 Å². The van der Waals surface area contributed by atoms with Crippen molar-refractivity contribution < 1.29 is 14.6 Å². The summed E-state index contributed by atoms with van der Waals surface area (Å²) in [5, 5.41) is 9.43. The third-order valence-electron chi connectivity index (χ3n) is 3.36. The number of aliphatic carboxylic acids is 1. The molecule has 0 amide bonds. The lowest BCUT2D eigenvalue weighted by Gasteiger charge is -2.25. The van der Waals surface area contributed by atoms with Gasteiger partial charge in [0.25, 0.3) is 0 Å². The van der Waals surface area contributed by atoms with Crippen molar-refractivity contribution >= 4 is 5.97 Å². The number of hydrogen-bond donors (Lipinski definition) is 1. The van der Waals surface area contributed by atoms with E-state index in [0.717, 1.165) is 18.4 Å². The van der Waals surface area contributed by atoms with Crippen LogP contribution in [0.2, 0.25) is 0 Å². The predicted octanol–water partition coefficient (Wildman–Crippen LogP) is 4.16. The van der Waals surface area contributed by atoms with Crippen molar-refractivity contribution in [1.82, 2.24) is 0 Å². The van der Waals surface area contributed by atoms with Gasteiger partial charge in [-0.3, -0.25) is 0 Å². The van der Waals surface area contributed by atoms with E-state index in [1.165, 1.54) is 0 Å². The molecule has 0 aliphatic rings. The van der Waals surface area contributed by atoms with Gasteiger partial charge in [0.05, 0.1) is 6.10 Å². The number of rotatable bonds is 9. The quantitative estimate of drug-likeness (QED) is 0.743. The zero-order chi connectivity index (χ0) is 15.8. The molecule has 1 aromatic carbocycles. The zero-order valence-corrected chi connectivity index (χ0v) is 13.6. The maximum atomic E-state index is 11.5. The van der Waals surface area contributed by atoms with Crippen molar-refractivity contribution in [1.29, 1.82) is 0 Å². The van der Waals surface area contributed by atoms with Crippen LogP contribution in [0.25, 0.3) is 0 Å².